The molecule has 0 aromatic carbocycles. The van der Waals surface area contributed by atoms with Gasteiger partial charge in [-0.3, -0.25) is 14.4 Å². The molecule has 0 aliphatic carbocycles. The molecule has 1 atom stereocenters. The molecule has 0 rings (SSSR count). The van der Waals surface area contributed by atoms with Crippen LogP contribution in [-0.4, -0.2) is 37.2 Å². The molecule has 48 heavy (non-hydrogen) atoms. The Labute approximate surface area is 298 Å². The van der Waals surface area contributed by atoms with E-state index in [9.17, 15) is 14.4 Å². The van der Waals surface area contributed by atoms with Crippen molar-refractivity contribution in [3.05, 3.63) is 0 Å². The van der Waals surface area contributed by atoms with Crippen LogP contribution in [0.25, 0.3) is 0 Å². The van der Waals surface area contributed by atoms with Crippen LogP contribution >= 0.6 is 0 Å². The zero-order chi connectivity index (χ0) is 35.3. The van der Waals surface area contributed by atoms with Gasteiger partial charge in [0.1, 0.15) is 13.2 Å². The monoisotopic (exact) mass is 681 g/mol. The Kier molecular flexibility index (Phi) is 35.5. The number of rotatable bonds is 37. The van der Waals surface area contributed by atoms with Crippen molar-refractivity contribution in [1.29, 1.82) is 0 Å². The average molecular weight is 681 g/mol. The number of unbranched alkanes of at least 4 members (excludes halogenated alkanes) is 24. The average Bonchev–Trinajstić information content (AvgIpc) is 3.06. The third-order valence-electron chi connectivity index (χ3n) is 9.29. The summed E-state index contributed by atoms with van der Waals surface area (Å²) in [5.74, 6) is -0.0833. The Balaban J connectivity index is 4.35. The standard InChI is InChI=1S/C42H80O6/c1-5-7-9-11-13-15-17-21-25-29-33-40(43)46-36-39(48-42(45)35-31-27-22-18-16-14-12-10-8-6-2)37-47-41(44)34-30-26-23-19-20-24-28-32-38(3)4/h38-39H,5-37H2,1-4H3/t39-/m0/s1. The first kappa shape index (κ1) is 46.4. The third kappa shape index (κ3) is 35.7. The van der Waals surface area contributed by atoms with E-state index in [4.69, 9.17) is 14.2 Å². The van der Waals surface area contributed by atoms with E-state index in [0.717, 1.165) is 63.7 Å². The van der Waals surface area contributed by atoms with E-state index in [-0.39, 0.29) is 31.1 Å². The summed E-state index contributed by atoms with van der Waals surface area (Å²) >= 11 is 0. The Morgan fingerprint density at radius 3 is 1.02 bits per heavy atom. The minimum absolute atomic E-state index is 0.0650. The Morgan fingerprint density at radius 1 is 0.396 bits per heavy atom. The molecular formula is C42H80O6. The number of hydrogen-bond acceptors (Lipinski definition) is 6. The number of carbonyl (C=O) groups excluding carboxylic acids is 3. The number of carbonyl (C=O) groups is 3. The molecule has 0 aliphatic heterocycles. The first-order chi connectivity index (χ1) is 23.4. The van der Waals surface area contributed by atoms with Crippen molar-refractivity contribution in [3.8, 4) is 0 Å². The molecule has 0 saturated carbocycles. The molecule has 6 nitrogen and oxygen atoms in total. The lowest BCUT2D eigenvalue weighted by atomic mass is 10.0. The second-order valence-electron chi connectivity index (χ2n) is 14.7. The van der Waals surface area contributed by atoms with Gasteiger partial charge in [-0.25, -0.2) is 0 Å². The molecule has 0 aromatic rings. The van der Waals surface area contributed by atoms with Gasteiger partial charge in [-0.15, -0.1) is 0 Å². The van der Waals surface area contributed by atoms with Gasteiger partial charge in [0.2, 0.25) is 0 Å². The molecule has 6 heteroatoms. The van der Waals surface area contributed by atoms with E-state index in [1.807, 2.05) is 0 Å². The molecule has 0 N–H and O–H groups in total. The Hall–Kier alpha value is -1.59. The van der Waals surface area contributed by atoms with E-state index < -0.39 is 6.10 Å². The SMILES string of the molecule is CCCCCCCCCCCCC(=O)OC[C@@H](COC(=O)CCCCCCCCCC(C)C)OC(=O)CCCCCCCCCCCC. The fourth-order valence-electron chi connectivity index (χ4n) is 6.10. The number of esters is 3. The highest BCUT2D eigenvalue weighted by atomic mass is 16.6. The van der Waals surface area contributed by atoms with Gasteiger partial charge in [0.25, 0.3) is 0 Å². The van der Waals surface area contributed by atoms with Gasteiger partial charge >= 0.3 is 17.9 Å². The maximum Gasteiger partial charge on any atom is 0.306 e. The van der Waals surface area contributed by atoms with Gasteiger partial charge in [0.05, 0.1) is 0 Å². The zero-order valence-corrected chi connectivity index (χ0v) is 32.4. The Morgan fingerprint density at radius 2 is 0.688 bits per heavy atom. The van der Waals surface area contributed by atoms with Crippen LogP contribution in [0.5, 0.6) is 0 Å². The van der Waals surface area contributed by atoms with Crippen molar-refractivity contribution in [3.63, 3.8) is 0 Å². The van der Waals surface area contributed by atoms with E-state index in [1.54, 1.807) is 0 Å². The minimum atomic E-state index is -0.757. The summed E-state index contributed by atoms with van der Waals surface area (Å²) in [7, 11) is 0. The predicted octanol–water partition coefficient (Wildman–Crippen LogP) is 12.8. The highest BCUT2D eigenvalue weighted by Gasteiger charge is 2.19. The molecule has 0 heterocycles. The summed E-state index contributed by atoms with van der Waals surface area (Å²) in [4.78, 5) is 37.5. The summed E-state index contributed by atoms with van der Waals surface area (Å²) in [6.07, 6.45) is 33.8. The smallest absolute Gasteiger partial charge is 0.306 e. The predicted molar refractivity (Wildman–Crippen MR) is 201 cm³/mol. The fourth-order valence-corrected chi connectivity index (χ4v) is 6.10. The van der Waals surface area contributed by atoms with E-state index >= 15 is 0 Å². The van der Waals surface area contributed by atoms with Gasteiger partial charge in [0, 0.05) is 19.3 Å². The van der Waals surface area contributed by atoms with Crippen molar-refractivity contribution in [2.45, 2.75) is 233 Å². The summed E-state index contributed by atoms with van der Waals surface area (Å²) in [5, 5.41) is 0. The van der Waals surface area contributed by atoms with Crippen LogP contribution in [0.4, 0.5) is 0 Å². The second-order valence-corrected chi connectivity index (χ2v) is 14.7. The maximum atomic E-state index is 12.6. The first-order valence-electron chi connectivity index (χ1n) is 20.9. The summed E-state index contributed by atoms with van der Waals surface area (Å²) in [6.45, 7) is 8.90. The van der Waals surface area contributed by atoms with Gasteiger partial charge in [-0.05, 0) is 25.2 Å². The summed E-state index contributed by atoms with van der Waals surface area (Å²) in [6, 6.07) is 0. The zero-order valence-electron chi connectivity index (χ0n) is 32.4. The molecule has 0 bridgehead atoms. The van der Waals surface area contributed by atoms with Crippen molar-refractivity contribution in [2.75, 3.05) is 13.2 Å². The lowest BCUT2D eigenvalue weighted by Gasteiger charge is -2.18. The lowest BCUT2D eigenvalue weighted by molar-refractivity contribution is -0.167. The van der Waals surface area contributed by atoms with Crippen molar-refractivity contribution in [1.82, 2.24) is 0 Å². The van der Waals surface area contributed by atoms with Crippen LogP contribution in [0.2, 0.25) is 0 Å². The maximum absolute atomic E-state index is 12.6. The third-order valence-corrected chi connectivity index (χ3v) is 9.29. The van der Waals surface area contributed by atoms with Crippen LogP contribution in [0.15, 0.2) is 0 Å². The van der Waals surface area contributed by atoms with Crippen LogP contribution < -0.4 is 0 Å². The molecule has 0 spiro atoms. The number of hydrogen-bond donors (Lipinski definition) is 0. The number of ether oxygens (including phenoxy) is 3. The van der Waals surface area contributed by atoms with Crippen LogP contribution in [0.3, 0.4) is 0 Å². The van der Waals surface area contributed by atoms with Gasteiger partial charge in [0.15, 0.2) is 6.10 Å². The van der Waals surface area contributed by atoms with Gasteiger partial charge < -0.3 is 14.2 Å². The lowest BCUT2D eigenvalue weighted by Crippen LogP contribution is -2.30. The highest BCUT2D eigenvalue weighted by molar-refractivity contribution is 5.71. The minimum Gasteiger partial charge on any atom is -0.462 e. The molecule has 0 radical (unpaired) electrons. The quantitative estimate of drug-likeness (QED) is 0.0369. The molecule has 0 saturated heterocycles. The molecular weight excluding hydrogens is 600 g/mol. The topological polar surface area (TPSA) is 78.9 Å². The Bertz CT molecular complexity index is 721. The molecule has 284 valence electrons. The fraction of sp³-hybridized carbons (Fsp3) is 0.929. The van der Waals surface area contributed by atoms with Crippen molar-refractivity contribution in [2.24, 2.45) is 5.92 Å². The van der Waals surface area contributed by atoms with E-state index in [1.165, 1.54) is 122 Å². The highest BCUT2D eigenvalue weighted by Crippen LogP contribution is 2.15. The van der Waals surface area contributed by atoms with Crippen molar-refractivity contribution >= 4 is 17.9 Å². The van der Waals surface area contributed by atoms with Crippen LogP contribution in [-0.2, 0) is 28.6 Å². The molecule has 0 amide bonds. The van der Waals surface area contributed by atoms with E-state index in [2.05, 4.69) is 27.7 Å². The molecule has 0 aliphatic rings. The normalized spacial score (nSPS) is 11.9. The first-order valence-corrected chi connectivity index (χ1v) is 20.9. The second kappa shape index (κ2) is 36.7. The molecule has 0 unspecified atom stereocenters. The van der Waals surface area contributed by atoms with Crippen LogP contribution in [0.1, 0.15) is 227 Å². The summed E-state index contributed by atoms with van der Waals surface area (Å²) in [5.41, 5.74) is 0. The largest absolute Gasteiger partial charge is 0.462 e. The molecule has 0 fully saturated rings. The van der Waals surface area contributed by atoms with Crippen molar-refractivity contribution < 1.29 is 28.6 Å². The summed E-state index contributed by atoms with van der Waals surface area (Å²) < 4.78 is 16.6. The van der Waals surface area contributed by atoms with Gasteiger partial charge in [-0.1, -0.05) is 188 Å². The molecule has 0 aromatic heterocycles. The van der Waals surface area contributed by atoms with Crippen LogP contribution in [0, 0.1) is 5.92 Å². The van der Waals surface area contributed by atoms with E-state index in [0.29, 0.717) is 19.3 Å². The van der Waals surface area contributed by atoms with Gasteiger partial charge in [-0.2, -0.15) is 0 Å².